The van der Waals surface area contributed by atoms with E-state index in [4.69, 9.17) is 0 Å². The van der Waals surface area contributed by atoms with Crippen molar-refractivity contribution in [2.45, 2.75) is 22.6 Å². The van der Waals surface area contributed by atoms with E-state index in [1.165, 1.54) is 44.4 Å². The van der Waals surface area contributed by atoms with Gasteiger partial charge in [-0.25, -0.2) is 9.48 Å². The van der Waals surface area contributed by atoms with Gasteiger partial charge in [-0.05, 0) is 33.0 Å². The number of thioether (sulfide) groups is 2. The fourth-order valence-corrected chi connectivity index (χ4v) is 7.04. The van der Waals surface area contributed by atoms with Crippen molar-refractivity contribution in [1.29, 1.82) is 0 Å². The Labute approximate surface area is 228 Å². The van der Waals surface area contributed by atoms with Gasteiger partial charge in [0.2, 0.25) is 11.1 Å². The van der Waals surface area contributed by atoms with Crippen LogP contribution in [0.5, 0.6) is 0 Å². The van der Waals surface area contributed by atoms with Crippen LogP contribution in [-0.2, 0) is 21.4 Å². The summed E-state index contributed by atoms with van der Waals surface area (Å²) in [6, 6.07) is 10.2. The largest absolute Gasteiger partial charge is 0.477 e. The quantitative estimate of drug-likeness (QED) is 0.252. The lowest BCUT2D eigenvalue weighted by Gasteiger charge is -2.49. The van der Waals surface area contributed by atoms with Crippen LogP contribution >= 0.6 is 34.9 Å². The summed E-state index contributed by atoms with van der Waals surface area (Å²) in [5.41, 5.74) is 1.03. The van der Waals surface area contributed by atoms with Crippen LogP contribution in [0, 0.1) is 0 Å². The molecule has 12 nitrogen and oxygen atoms in total. The Kier molecular flexibility index (Phi) is 7.49. The van der Waals surface area contributed by atoms with Gasteiger partial charge >= 0.3 is 5.97 Å². The Balaban J connectivity index is 1.31. The third kappa shape index (κ3) is 5.04. The lowest BCUT2D eigenvalue weighted by atomic mass is 10.0. The number of nitrogens with zero attached hydrogens (tertiary/aromatic N) is 5. The average molecular weight is 572 g/mol. The van der Waals surface area contributed by atoms with Gasteiger partial charge in [0, 0.05) is 18.6 Å². The molecule has 3 aromatic rings. The molecule has 4 heterocycles. The molecule has 2 unspecified atom stereocenters. The van der Waals surface area contributed by atoms with Gasteiger partial charge < -0.3 is 15.7 Å². The second kappa shape index (κ2) is 11.0. The van der Waals surface area contributed by atoms with Crippen molar-refractivity contribution >= 4 is 58.6 Å². The Bertz CT molecular complexity index is 1410. The predicted octanol–water partition coefficient (Wildman–Crippen LogP) is 1.27. The van der Waals surface area contributed by atoms with Gasteiger partial charge in [-0.15, -0.1) is 28.2 Å². The van der Waals surface area contributed by atoms with E-state index in [1.54, 1.807) is 54.9 Å². The maximum absolute atomic E-state index is 13.4. The first-order valence-corrected chi connectivity index (χ1v) is 14.2. The number of carboxylic acids is 1. The Morgan fingerprint density at radius 1 is 1.21 bits per heavy atom. The highest BCUT2D eigenvalue weighted by molar-refractivity contribution is 8.01. The molecule has 0 bridgehead atoms. The molecular weight excluding hydrogens is 550 g/mol. The van der Waals surface area contributed by atoms with Crippen molar-refractivity contribution < 1.29 is 24.3 Å². The van der Waals surface area contributed by atoms with Gasteiger partial charge in [-0.1, -0.05) is 48.2 Å². The fourth-order valence-electron chi connectivity index (χ4n) is 4.08. The van der Waals surface area contributed by atoms with Crippen LogP contribution in [0.4, 0.5) is 0 Å². The maximum atomic E-state index is 13.4. The van der Waals surface area contributed by atoms with Crippen LogP contribution in [0.2, 0.25) is 0 Å². The van der Waals surface area contributed by atoms with Gasteiger partial charge in [0.25, 0.3) is 11.8 Å². The first-order chi connectivity index (χ1) is 18.3. The van der Waals surface area contributed by atoms with E-state index >= 15 is 0 Å². The van der Waals surface area contributed by atoms with Gasteiger partial charge in [0.1, 0.15) is 23.2 Å². The Hall–Kier alpha value is -3.69. The first kappa shape index (κ1) is 25.9. The molecule has 196 valence electrons. The zero-order chi connectivity index (χ0) is 26.8. The molecule has 2 aromatic heterocycles. The van der Waals surface area contributed by atoms with Crippen molar-refractivity contribution in [3.05, 3.63) is 69.6 Å². The zero-order valence-electron chi connectivity index (χ0n) is 19.8. The lowest BCUT2D eigenvalue weighted by Crippen LogP contribution is -2.71. The van der Waals surface area contributed by atoms with Gasteiger partial charge in [-0.3, -0.25) is 19.3 Å². The highest BCUT2D eigenvalue weighted by atomic mass is 32.2. The summed E-state index contributed by atoms with van der Waals surface area (Å²) in [4.78, 5) is 53.0. The molecule has 0 spiro atoms. The number of nitrogens with one attached hydrogen (secondary N) is 2. The molecule has 0 aliphatic carbocycles. The molecular formula is C23H21N7O5S3. The fraction of sp³-hybridized carbons (Fsp3) is 0.261. The average Bonchev–Trinajstić information content (AvgIpc) is 3.61. The number of carbonyl (C=O) groups excluding carboxylic acids is 3. The summed E-state index contributed by atoms with van der Waals surface area (Å²) in [5.74, 6) is -2.05. The smallest absolute Gasteiger partial charge is 0.352 e. The number of carboxylic acid groups (broad SMARTS) is 1. The molecule has 0 saturated carbocycles. The van der Waals surface area contributed by atoms with Crippen molar-refractivity contribution in [2.24, 2.45) is 7.05 Å². The van der Waals surface area contributed by atoms with Gasteiger partial charge in [-0.2, -0.15) is 0 Å². The number of aliphatic carboxylic acids is 1. The molecule has 2 aliphatic rings. The first-order valence-electron chi connectivity index (χ1n) is 11.3. The zero-order valence-corrected chi connectivity index (χ0v) is 22.3. The molecule has 38 heavy (non-hydrogen) atoms. The molecule has 3 atom stereocenters. The number of hydrogen-bond donors (Lipinski definition) is 3. The summed E-state index contributed by atoms with van der Waals surface area (Å²) >= 11 is 3.89. The maximum Gasteiger partial charge on any atom is 0.352 e. The molecule has 3 amide bonds. The lowest BCUT2D eigenvalue weighted by molar-refractivity contribution is -0.151. The second-order valence-electron chi connectivity index (χ2n) is 8.32. The third-order valence-corrected chi connectivity index (χ3v) is 9.22. The SMILES string of the molecule is Cn1nnnc1SCC1=C(C(=O)O)N2C(=O)C(NC(=O)C(NC(=O)c3cccs3)c3ccccc3)[C@@H]2SC1. The highest BCUT2D eigenvalue weighted by Crippen LogP contribution is 2.41. The number of carbonyl (C=O) groups is 4. The minimum absolute atomic E-state index is 0.0857. The molecule has 3 N–H and O–H groups in total. The predicted molar refractivity (Wildman–Crippen MR) is 140 cm³/mol. The summed E-state index contributed by atoms with van der Waals surface area (Å²) in [7, 11) is 1.68. The number of β-lactam (4-membered cyclic amide) rings is 1. The molecule has 15 heteroatoms. The van der Waals surface area contributed by atoms with Crippen molar-refractivity contribution in [3.8, 4) is 0 Å². The molecule has 1 aromatic carbocycles. The summed E-state index contributed by atoms with van der Waals surface area (Å²) in [6.07, 6.45) is 0. The van der Waals surface area contributed by atoms with Crippen LogP contribution in [0.1, 0.15) is 21.3 Å². The number of aromatic nitrogens is 4. The van der Waals surface area contributed by atoms with E-state index in [2.05, 4.69) is 26.2 Å². The van der Waals surface area contributed by atoms with Crippen LogP contribution in [-0.4, -0.2) is 76.8 Å². The number of tetrazole rings is 1. The van der Waals surface area contributed by atoms with Crippen molar-refractivity contribution in [2.75, 3.05) is 11.5 Å². The van der Waals surface area contributed by atoms with Crippen molar-refractivity contribution in [1.82, 2.24) is 35.7 Å². The van der Waals surface area contributed by atoms with Crippen LogP contribution in [0.15, 0.2) is 64.3 Å². The number of fused-ring (bicyclic) bond motifs is 1. The minimum Gasteiger partial charge on any atom is -0.477 e. The summed E-state index contributed by atoms with van der Waals surface area (Å²) in [5, 5.41) is 28.3. The minimum atomic E-state index is -1.22. The van der Waals surface area contributed by atoms with Crippen LogP contribution in [0.25, 0.3) is 0 Å². The number of hydrogen-bond acceptors (Lipinski definition) is 10. The van der Waals surface area contributed by atoms with E-state index in [0.29, 0.717) is 32.7 Å². The van der Waals surface area contributed by atoms with E-state index in [-0.39, 0.29) is 5.70 Å². The standard InChI is InChI=1S/C23H21N7O5S3/c1-29-23(26-27-28-29)38-11-13-10-37-21-16(20(33)30(21)17(13)22(34)35)25-19(32)15(12-6-3-2-4-7-12)24-18(31)14-8-5-9-36-14/h2-9,15-16,21H,10-11H2,1H3,(H,24,31)(H,25,32)(H,34,35)/t15?,16?,21-/m0/s1. The molecule has 2 aliphatic heterocycles. The van der Waals surface area contributed by atoms with E-state index in [9.17, 15) is 24.3 Å². The van der Waals surface area contributed by atoms with E-state index in [1.807, 2.05) is 0 Å². The van der Waals surface area contributed by atoms with Gasteiger partial charge in [0.15, 0.2) is 0 Å². The number of amides is 3. The third-order valence-electron chi connectivity index (χ3n) is 5.92. The summed E-state index contributed by atoms with van der Waals surface area (Å²) in [6.45, 7) is 0. The molecule has 1 fully saturated rings. The number of rotatable bonds is 9. The van der Waals surface area contributed by atoms with E-state index in [0.717, 1.165) is 0 Å². The van der Waals surface area contributed by atoms with Crippen LogP contribution < -0.4 is 10.6 Å². The molecule has 1 saturated heterocycles. The van der Waals surface area contributed by atoms with E-state index < -0.39 is 41.1 Å². The monoisotopic (exact) mass is 571 g/mol. The Morgan fingerprint density at radius 3 is 2.66 bits per heavy atom. The number of benzene rings is 1. The second-order valence-corrected chi connectivity index (χ2v) is 11.3. The normalized spacial score (nSPS) is 19.4. The Morgan fingerprint density at radius 2 is 2.00 bits per heavy atom. The molecule has 0 radical (unpaired) electrons. The number of aryl methyl sites for hydroxylation is 1. The van der Waals surface area contributed by atoms with Crippen LogP contribution in [0.3, 0.4) is 0 Å². The molecule has 5 rings (SSSR count). The summed E-state index contributed by atoms with van der Waals surface area (Å²) < 4.78 is 1.48. The van der Waals surface area contributed by atoms with Gasteiger partial charge in [0.05, 0.1) is 4.88 Å². The van der Waals surface area contributed by atoms with Crippen molar-refractivity contribution in [3.63, 3.8) is 0 Å². The number of thiophene rings is 1. The highest BCUT2D eigenvalue weighted by Gasteiger charge is 2.54. The topological polar surface area (TPSA) is 159 Å².